The lowest BCUT2D eigenvalue weighted by atomic mass is 9.75. The number of Topliss-reactive ketones (excluding diaryl/α,β-unsaturated/α-hetero) is 1. The second-order valence-electron chi connectivity index (χ2n) is 7.07. The first-order valence-corrected chi connectivity index (χ1v) is 8.57. The fourth-order valence-electron chi connectivity index (χ4n) is 3.55. The average molecular weight is 266 g/mol. The highest BCUT2D eigenvalue weighted by atomic mass is 16.1. The molecule has 1 saturated carbocycles. The van der Waals surface area contributed by atoms with Crippen molar-refractivity contribution < 1.29 is 4.79 Å². The normalized spacial score (nSPS) is 25.5. The van der Waals surface area contributed by atoms with Crippen molar-refractivity contribution in [1.29, 1.82) is 0 Å². The average Bonchev–Trinajstić information content (AvgIpc) is 2.39. The lowest BCUT2D eigenvalue weighted by Crippen LogP contribution is -2.19. The fraction of sp³-hybridized carbons (Fsp3) is 0.944. The summed E-state index contributed by atoms with van der Waals surface area (Å²) in [5.74, 6) is 3.52. The number of hydrogen-bond donors (Lipinski definition) is 0. The molecule has 1 rings (SSSR count). The Balaban J connectivity index is 2.12. The summed E-state index contributed by atoms with van der Waals surface area (Å²) in [5.41, 5.74) is 0. The molecule has 0 amide bonds. The van der Waals surface area contributed by atoms with Crippen LogP contribution in [0.5, 0.6) is 0 Å². The Morgan fingerprint density at radius 1 is 1.11 bits per heavy atom. The minimum absolute atomic E-state index is 0.293. The van der Waals surface area contributed by atoms with Gasteiger partial charge < -0.3 is 0 Å². The summed E-state index contributed by atoms with van der Waals surface area (Å²) in [5, 5.41) is 0. The molecule has 0 aromatic carbocycles. The minimum atomic E-state index is 0.293. The first kappa shape index (κ1) is 16.7. The van der Waals surface area contributed by atoms with Crippen molar-refractivity contribution >= 4 is 5.78 Å². The van der Waals surface area contributed by atoms with Gasteiger partial charge in [-0.3, -0.25) is 4.79 Å². The van der Waals surface area contributed by atoms with E-state index in [9.17, 15) is 4.79 Å². The van der Waals surface area contributed by atoms with Crippen LogP contribution in [0.25, 0.3) is 0 Å². The van der Waals surface area contributed by atoms with Gasteiger partial charge in [0.2, 0.25) is 0 Å². The van der Waals surface area contributed by atoms with Crippen molar-refractivity contribution in [2.75, 3.05) is 0 Å². The van der Waals surface area contributed by atoms with Crippen LogP contribution in [0.3, 0.4) is 0 Å². The maximum atomic E-state index is 11.9. The Kier molecular flexibility index (Phi) is 7.71. The van der Waals surface area contributed by atoms with Gasteiger partial charge in [-0.15, -0.1) is 0 Å². The van der Waals surface area contributed by atoms with Gasteiger partial charge in [-0.1, -0.05) is 53.4 Å². The van der Waals surface area contributed by atoms with Crippen molar-refractivity contribution in [3.05, 3.63) is 0 Å². The Morgan fingerprint density at radius 2 is 1.74 bits per heavy atom. The fourth-order valence-corrected chi connectivity index (χ4v) is 3.55. The zero-order chi connectivity index (χ0) is 14.3. The predicted octanol–water partition coefficient (Wildman–Crippen LogP) is 5.62. The van der Waals surface area contributed by atoms with Crippen LogP contribution in [-0.4, -0.2) is 5.78 Å². The molecule has 112 valence electrons. The van der Waals surface area contributed by atoms with Crippen molar-refractivity contribution in [2.24, 2.45) is 23.7 Å². The zero-order valence-electron chi connectivity index (χ0n) is 13.6. The molecule has 0 aliphatic heterocycles. The lowest BCUT2D eigenvalue weighted by Gasteiger charge is -2.30. The largest absolute Gasteiger partial charge is 0.299 e. The monoisotopic (exact) mass is 266 g/mol. The summed E-state index contributed by atoms with van der Waals surface area (Å²) in [4.78, 5) is 11.9. The Labute approximate surface area is 120 Å². The second kappa shape index (κ2) is 8.76. The van der Waals surface area contributed by atoms with Gasteiger partial charge in [0.1, 0.15) is 5.78 Å². The Morgan fingerprint density at radius 3 is 2.26 bits per heavy atom. The van der Waals surface area contributed by atoms with Gasteiger partial charge in [-0.05, 0) is 43.4 Å². The standard InChI is InChI=1S/C18H34O/c1-5-7-15(4)18(19)9-6-8-16-10-12-17(13-11-16)14(2)3/h14-17H,5-13H2,1-4H3/t15-,16?,17?/m1/s1. The maximum Gasteiger partial charge on any atom is 0.135 e. The molecule has 0 aromatic rings. The molecule has 1 atom stereocenters. The summed E-state index contributed by atoms with van der Waals surface area (Å²) < 4.78 is 0. The van der Waals surface area contributed by atoms with Crippen LogP contribution in [0.2, 0.25) is 0 Å². The van der Waals surface area contributed by atoms with Gasteiger partial charge in [-0.2, -0.15) is 0 Å². The molecule has 1 fully saturated rings. The van der Waals surface area contributed by atoms with Crippen LogP contribution in [0.15, 0.2) is 0 Å². The van der Waals surface area contributed by atoms with E-state index < -0.39 is 0 Å². The van der Waals surface area contributed by atoms with E-state index in [4.69, 9.17) is 0 Å². The molecule has 1 aliphatic carbocycles. The SMILES string of the molecule is CCC[C@@H](C)C(=O)CCCC1CCC(C(C)C)CC1. The number of ketones is 1. The van der Waals surface area contributed by atoms with Crippen molar-refractivity contribution in [1.82, 2.24) is 0 Å². The highest BCUT2D eigenvalue weighted by molar-refractivity contribution is 5.80. The number of rotatable bonds is 8. The maximum absolute atomic E-state index is 11.9. The van der Waals surface area contributed by atoms with Gasteiger partial charge in [0.05, 0.1) is 0 Å². The first-order valence-electron chi connectivity index (χ1n) is 8.57. The summed E-state index contributed by atoms with van der Waals surface area (Å²) in [6.45, 7) is 8.98. The van der Waals surface area contributed by atoms with Crippen molar-refractivity contribution in [3.8, 4) is 0 Å². The quantitative estimate of drug-likeness (QED) is 0.557. The Hall–Kier alpha value is -0.330. The number of carbonyl (C=O) groups excluding carboxylic acids is 1. The van der Waals surface area contributed by atoms with Gasteiger partial charge in [-0.25, -0.2) is 0 Å². The van der Waals surface area contributed by atoms with E-state index in [2.05, 4.69) is 27.7 Å². The predicted molar refractivity (Wildman–Crippen MR) is 83.2 cm³/mol. The van der Waals surface area contributed by atoms with Crippen molar-refractivity contribution in [2.45, 2.75) is 85.5 Å². The van der Waals surface area contributed by atoms with Crippen molar-refractivity contribution in [3.63, 3.8) is 0 Å². The number of carbonyl (C=O) groups is 1. The molecule has 0 spiro atoms. The highest BCUT2D eigenvalue weighted by Gasteiger charge is 2.23. The molecule has 0 heterocycles. The van der Waals surface area contributed by atoms with Crippen LogP contribution < -0.4 is 0 Å². The van der Waals surface area contributed by atoms with Gasteiger partial charge in [0.15, 0.2) is 0 Å². The van der Waals surface area contributed by atoms with Crippen LogP contribution in [0.1, 0.15) is 85.5 Å². The Bertz CT molecular complexity index is 248. The molecule has 0 aromatic heterocycles. The summed E-state index contributed by atoms with van der Waals surface area (Å²) >= 11 is 0. The lowest BCUT2D eigenvalue weighted by molar-refractivity contribution is -0.122. The van der Waals surface area contributed by atoms with Gasteiger partial charge in [0, 0.05) is 12.3 Å². The minimum Gasteiger partial charge on any atom is -0.299 e. The molecule has 1 heteroatoms. The third kappa shape index (κ3) is 6.10. The van der Waals surface area contributed by atoms with E-state index >= 15 is 0 Å². The van der Waals surface area contributed by atoms with E-state index in [1.165, 1.54) is 32.1 Å². The van der Waals surface area contributed by atoms with Crippen LogP contribution in [0, 0.1) is 23.7 Å². The summed E-state index contributed by atoms with van der Waals surface area (Å²) in [6, 6.07) is 0. The molecule has 19 heavy (non-hydrogen) atoms. The molecule has 0 radical (unpaired) electrons. The summed E-state index contributed by atoms with van der Waals surface area (Å²) in [6.07, 6.45) is 11.1. The number of hydrogen-bond acceptors (Lipinski definition) is 1. The van der Waals surface area contributed by atoms with E-state index in [0.717, 1.165) is 43.4 Å². The van der Waals surface area contributed by atoms with E-state index in [1.54, 1.807) is 0 Å². The molecular formula is C18H34O. The van der Waals surface area contributed by atoms with Gasteiger partial charge in [0.25, 0.3) is 0 Å². The third-order valence-electron chi connectivity index (χ3n) is 5.14. The smallest absolute Gasteiger partial charge is 0.135 e. The van der Waals surface area contributed by atoms with E-state index in [1.807, 2.05) is 0 Å². The third-order valence-corrected chi connectivity index (χ3v) is 5.14. The topological polar surface area (TPSA) is 17.1 Å². The zero-order valence-corrected chi connectivity index (χ0v) is 13.6. The molecular weight excluding hydrogens is 232 g/mol. The van der Waals surface area contributed by atoms with Crippen LogP contribution in [-0.2, 0) is 4.79 Å². The van der Waals surface area contributed by atoms with Gasteiger partial charge >= 0.3 is 0 Å². The molecule has 0 N–H and O–H groups in total. The first-order chi connectivity index (χ1) is 9.04. The molecule has 0 bridgehead atoms. The van der Waals surface area contributed by atoms with E-state index in [-0.39, 0.29) is 0 Å². The summed E-state index contributed by atoms with van der Waals surface area (Å²) in [7, 11) is 0. The van der Waals surface area contributed by atoms with E-state index in [0.29, 0.717) is 11.7 Å². The van der Waals surface area contributed by atoms with Crippen LogP contribution in [0.4, 0.5) is 0 Å². The molecule has 0 saturated heterocycles. The molecule has 1 nitrogen and oxygen atoms in total. The van der Waals surface area contributed by atoms with Crippen LogP contribution >= 0.6 is 0 Å². The molecule has 1 aliphatic rings. The highest BCUT2D eigenvalue weighted by Crippen LogP contribution is 2.35. The second-order valence-corrected chi connectivity index (χ2v) is 7.07. The molecule has 0 unspecified atom stereocenters.